The number of carbonyl (C=O) groups is 3. The zero-order valence-electron chi connectivity index (χ0n) is 10.6. The predicted molar refractivity (Wildman–Crippen MR) is 63.7 cm³/mol. The summed E-state index contributed by atoms with van der Waals surface area (Å²) in [7, 11) is 0. The van der Waals surface area contributed by atoms with Crippen molar-refractivity contribution in [1.82, 2.24) is 10.2 Å². The van der Waals surface area contributed by atoms with E-state index >= 15 is 0 Å². The second kappa shape index (κ2) is 5.24. The van der Waals surface area contributed by atoms with Crippen LogP contribution in [0.4, 0.5) is 4.79 Å². The van der Waals surface area contributed by atoms with Gasteiger partial charge in [-0.2, -0.15) is 0 Å². The molecule has 0 aromatic rings. The van der Waals surface area contributed by atoms with Crippen LogP contribution in [0.25, 0.3) is 0 Å². The molecule has 0 bridgehead atoms. The van der Waals surface area contributed by atoms with E-state index in [-0.39, 0.29) is 24.9 Å². The number of amides is 3. The Balaban J connectivity index is 2.28. The maximum absolute atomic E-state index is 11.6. The summed E-state index contributed by atoms with van der Waals surface area (Å²) >= 11 is 0. The number of nitrogens with zero attached hydrogens (tertiary/aromatic N) is 1. The summed E-state index contributed by atoms with van der Waals surface area (Å²) in [5.41, 5.74) is 4.40. The topological polar surface area (TPSA) is 113 Å². The van der Waals surface area contributed by atoms with E-state index in [1.807, 2.05) is 0 Å². The van der Waals surface area contributed by atoms with Crippen LogP contribution in [0.15, 0.2) is 0 Å². The second-order valence-corrected chi connectivity index (χ2v) is 5.28. The van der Waals surface area contributed by atoms with Crippen LogP contribution in [0, 0.1) is 11.3 Å². The van der Waals surface area contributed by atoms with E-state index < -0.39 is 17.3 Å². The van der Waals surface area contributed by atoms with Gasteiger partial charge < -0.3 is 21.1 Å². The number of carboxylic acid groups (broad SMARTS) is 1. The molecule has 1 aliphatic rings. The van der Waals surface area contributed by atoms with Gasteiger partial charge >= 0.3 is 12.0 Å². The Morgan fingerprint density at radius 2 is 1.94 bits per heavy atom. The van der Waals surface area contributed by atoms with E-state index in [0.717, 1.165) is 0 Å². The molecule has 18 heavy (non-hydrogen) atoms. The van der Waals surface area contributed by atoms with Crippen LogP contribution < -0.4 is 11.1 Å². The largest absolute Gasteiger partial charge is 0.481 e. The molecule has 0 unspecified atom stereocenters. The van der Waals surface area contributed by atoms with E-state index in [9.17, 15) is 14.4 Å². The van der Waals surface area contributed by atoms with Crippen LogP contribution in [-0.4, -0.2) is 47.5 Å². The first kappa shape index (κ1) is 14.3. The molecule has 102 valence electrons. The van der Waals surface area contributed by atoms with Gasteiger partial charge in [0, 0.05) is 25.6 Å². The second-order valence-electron chi connectivity index (χ2n) is 5.28. The monoisotopic (exact) mass is 257 g/mol. The molecule has 7 heteroatoms. The minimum atomic E-state index is -0.852. The maximum Gasteiger partial charge on any atom is 0.317 e. The van der Waals surface area contributed by atoms with Gasteiger partial charge in [0.2, 0.25) is 5.91 Å². The third kappa shape index (κ3) is 3.61. The molecular formula is C11H19N3O4. The number of urea groups is 1. The number of likely N-dealkylation sites (tertiary alicyclic amines) is 1. The minimum Gasteiger partial charge on any atom is -0.481 e. The Kier molecular flexibility index (Phi) is 4.15. The Morgan fingerprint density at radius 1 is 1.39 bits per heavy atom. The molecule has 0 saturated carbocycles. The van der Waals surface area contributed by atoms with Crippen molar-refractivity contribution in [3.63, 3.8) is 0 Å². The van der Waals surface area contributed by atoms with Crippen LogP contribution in [0.2, 0.25) is 0 Å². The highest BCUT2D eigenvalue weighted by molar-refractivity contribution is 5.82. The van der Waals surface area contributed by atoms with E-state index in [4.69, 9.17) is 10.8 Å². The molecule has 0 spiro atoms. The highest BCUT2D eigenvalue weighted by Crippen LogP contribution is 2.19. The molecule has 3 amide bonds. The molecule has 0 aromatic heterocycles. The summed E-state index contributed by atoms with van der Waals surface area (Å²) < 4.78 is 0. The zero-order chi connectivity index (χ0) is 13.9. The number of carbonyl (C=O) groups excluding carboxylic acids is 2. The van der Waals surface area contributed by atoms with E-state index in [1.165, 1.54) is 4.90 Å². The molecule has 1 saturated heterocycles. The van der Waals surface area contributed by atoms with E-state index in [0.29, 0.717) is 13.1 Å². The van der Waals surface area contributed by atoms with Crippen molar-refractivity contribution in [3.8, 4) is 0 Å². The van der Waals surface area contributed by atoms with Crippen LogP contribution in [0.3, 0.4) is 0 Å². The lowest BCUT2D eigenvalue weighted by Gasteiger charge is -2.39. The summed E-state index contributed by atoms with van der Waals surface area (Å²) in [6, 6.07) is -0.286. The summed E-state index contributed by atoms with van der Waals surface area (Å²) in [5, 5.41) is 11.2. The third-order valence-corrected chi connectivity index (χ3v) is 3.06. The molecule has 0 atom stereocenters. The number of carboxylic acids is 1. The third-order valence-electron chi connectivity index (χ3n) is 3.06. The fraction of sp³-hybridized carbons (Fsp3) is 0.727. The van der Waals surface area contributed by atoms with Crippen LogP contribution in [0.1, 0.15) is 20.3 Å². The number of primary amides is 1. The molecule has 4 N–H and O–H groups in total. The number of hydrogen-bond donors (Lipinski definition) is 3. The SMILES string of the molecule is CC(C)(CNC(=O)N1CC(CC(=O)O)C1)C(N)=O. The lowest BCUT2D eigenvalue weighted by atomic mass is 9.92. The first-order chi connectivity index (χ1) is 8.22. The van der Waals surface area contributed by atoms with Gasteiger partial charge in [-0.1, -0.05) is 0 Å². The van der Waals surface area contributed by atoms with Gasteiger partial charge in [-0.15, -0.1) is 0 Å². The summed E-state index contributed by atoms with van der Waals surface area (Å²) in [5.74, 6) is -1.30. The normalized spacial score (nSPS) is 16.0. The van der Waals surface area contributed by atoms with Gasteiger partial charge in [-0.25, -0.2) is 4.79 Å². The van der Waals surface area contributed by atoms with Gasteiger partial charge in [-0.3, -0.25) is 9.59 Å². The number of nitrogens with one attached hydrogen (secondary N) is 1. The Hall–Kier alpha value is -1.79. The average Bonchev–Trinajstić information content (AvgIpc) is 2.19. The molecule has 0 aliphatic carbocycles. The molecule has 7 nitrogen and oxygen atoms in total. The van der Waals surface area contributed by atoms with Gasteiger partial charge in [0.05, 0.1) is 11.8 Å². The molecular weight excluding hydrogens is 238 g/mol. The lowest BCUT2D eigenvalue weighted by molar-refractivity contribution is -0.139. The molecule has 1 aliphatic heterocycles. The van der Waals surface area contributed by atoms with Crippen molar-refractivity contribution in [1.29, 1.82) is 0 Å². The van der Waals surface area contributed by atoms with Gasteiger partial charge in [0.25, 0.3) is 0 Å². The van der Waals surface area contributed by atoms with Crippen LogP contribution >= 0.6 is 0 Å². The maximum atomic E-state index is 11.6. The van der Waals surface area contributed by atoms with Gasteiger partial charge in [0.15, 0.2) is 0 Å². The molecule has 1 rings (SSSR count). The van der Waals surface area contributed by atoms with E-state index in [2.05, 4.69) is 5.32 Å². The van der Waals surface area contributed by atoms with Crippen molar-refractivity contribution >= 4 is 17.9 Å². The zero-order valence-corrected chi connectivity index (χ0v) is 10.6. The fourth-order valence-corrected chi connectivity index (χ4v) is 1.61. The highest BCUT2D eigenvalue weighted by atomic mass is 16.4. The first-order valence-corrected chi connectivity index (χ1v) is 5.77. The van der Waals surface area contributed by atoms with Crippen molar-refractivity contribution in [2.75, 3.05) is 19.6 Å². The molecule has 1 fully saturated rings. The molecule has 1 heterocycles. The van der Waals surface area contributed by atoms with Crippen molar-refractivity contribution in [2.45, 2.75) is 20.3 Å². The van der Waals surface area contributed by atoms with Crippen molar-refractivity contribution in [3.05, 3.63) is 0 Å². The Labute approximate surface area is 105 Å². The van der Waals surface area contributed by atoms with E-state index in [1.54, 1.807) is 13.8 Å². The van der Waals surface area contributed by atoms with Crippen LogP contribution in [-0.2, 0) is 9.59 Å². The number of rotatable bonds is 5. The minimum absolute atomic E-state index is 0.0254. The summed E-state index contributed by atoms with van der Waals surface area (Å²) in [4.78, 5) is 34.7. The average molecular weight is 257 g/mol. The number of hydrogen-bond acceptors (Lipinski definition) is 3. The smallest absolute Gasteiger partial charge is 0.317 e. The first-order valence-electron chi connectivity index (χ1n) is 5.77. The van der Waals surface area contributed by atoms with Gasteiger partial charge in [-0.05, 0) is 13.8 Å². The lowest BCUT2D eigenvalue weighted by Crippen LogP contribution is -2.56. The molecule has 0 radical (unpaired) electrons. The van der Waals surface area contributed by atoms with Gasteiger partial charge in [0.1, 0.15) is 0 Å². The standard InChI is InChI=1S/C11H19N3O4/c1-11(2,9(12)17)6-13-10(18)14-4-7(5-14)3-8(15)16/h7H,3-6H2,1-2H3,(H2,12,17)(H,13,18)(H,15,16). The predicted octanol–water partition coefficient (Wildman–Crippen LogP) is -0.386. The fourth-order valence-electron chi connectivity index (χ4n) is 1.61. The Bertz CT molecular complexity index is 361. The highest BCUT2D eigenvalue weighted by Gasteiger charge is 2.33. The number of aliphatic carboxylic acids is 1. The Morgan fingerprint density at radius 3 is 2.39 bits per heavy atom. The summed E-state index contributed by atoms with van der Waals surface area (Å²) in [6.45, 7) is 4.35. The number of nitrogens with two attached hydrogens (primary N) is 1. The summed E-state index contributed by atoms with van der Waals surface area (Å²) in [6.07, 6.45) is 0.0799. The molecule has 0 aromatic carbocycles. The van der Waals surface area contributed by atoms with Crippen molar-refractivity contribution in [2.24, 2.45) is 17.1 Å². The van der Waals surface area contributed by atoms with Crippen LogP contribution in [0.5, 0.6) is 0 Å². The van der Waals surface area contributed by atoms with Crippen molar-refractivity contribution < 1.29 is 19.5 Å². The quantitative estimate of drug-likeness (QED) is 0.622.